The van der Waals surface area contributed by atoms with Gasteiger partial charge in [-0.1, -0.05) is 18.2 Å². The zero-order valence-electron chi connectivity index (χ0n) is 11.6. The van der Waals surface area contributed by atoms with Gasteiger partial charge in [0, 0.05) is 0 Å². The van der Waals surface area contributed by atoms with Gasteiger partial charge in [0.1, 0.15) is 5.75 Å². The molecule has 0 spiro atoms. The molecule has 2 heteroatoms. The summed E-state index contributed by atoms with van der Waals surface area (Å²) >= 11 is 0. The zero-order chi connectivity index (χ0) is 12.8. The molecule has 0 atom stereocenters. The van der Waals surface area contributed by atoms with E-state index in [0.29, 0.717) is 0 Å². The van der Waals surface area contributed by atoms with Gasteiger partial charge in [-0.15, -0.1) is 0 Å². The van der Waals surface area contributed by atoms with E-state index in [1.54, 1.807) is 0 Å². The van der Waals surface area contributed by atoms with E-state index in [2.05, 4.69) is 43.4 Å². The molecule has 1 aliphatic rings. The molecule has 0 aromatic heterocycles. The Balaban J connectivity index is 1.91. The average molecular weight is 247 g/mol. The predicted octanol–water partition coefficient (Wildman–Crippen LogP) is 3.41. The predicted molar refractivity (Wildman–Crippen MR) is 76.1 cm³/mol. The minimum absolute atomic E-state index is 0.255. The third-order valence-electron chi connectivity index (χ3n) is 3.62. The maximum Gasteiger partial charge on any atom is 0.122 e. The first-order chi connectivity index (χ1) is 8.75. The van der Waals surface area contributed by atoms with Crippen molar-refractivity contribution in [1.29, 1.82) is 0 Å². The summed E-state index contributed by atoms with van der Waals surface area (Å²) in [6.45, 7) is 6.55. The van der Waals surface area contributed by atoms with Crippen molar-refractivity contribution < 1.29 is 4.74 Å². The first-order valence-electron chi connectivity index (χ1n) is 7.21. The number of aryl methyl sites for hydroxylation is 1. The number of hydrogen-bond acceptors (Lipinski definition) is 2. The number of benzene rings is 1. The van der Waals surface area contributed by atoms with Gasteiger partial charge >= 0.3 is 0 Å². The highest BCUT2D eigenvalue weighted by Gasteiger charge is 2.14. The molecule has 0 amide bonds. The topological polar surface area (TPSA) is 21.3 Å². The molecule has 18 heavy (non-hydrogen) atoms. The van der Waals surface area contributed by atoms with Crippen LogP contribution in [0.4, 0.5) is 0 Å². The van der Waals surface area contributed by atoms with Crippen LogP contribution in [0.25, 0.3) is 0 Å². The Kier molecular flexibility index (Phi) is 5.06. The van der Waals surface area contributed by atoms with Crippen LogP contribution in [-0.2, 0) is 6.42 Å². The van der Waals surface area contributed by atoms with E-state index in [1.165, 1.54) is 37.9 Å². The standard InChI is InChI=1S/C16H25NO/c1-13(2)18-16-6-4-3-5-15(16)8-7-14-9-11-17-12-10-14/h3-6,13-14,17H,7-12H2,1-2H3. The fourth-order valence-corrected chi connectivity index (χ4v) is 2.61. The lowest BCUT2D eigenvalue weighted by Gasteiger charge is -2.23. The van der Waals surface area contributed by atoms with E-state index >= 15 is 0 Å². The van der Waals surface area contributed by atoms with Gasteiger partial charge in [-0.05, 0) is 70.2 Å². The van der Waals surface area contributed by atoms with Gasteiger partial charge in [-0.2, -0.15) is 0 Å². The summed E-state index contributed by atoms with van der Waals surface area (Å²) in [7, 11) is 0. The molecule has 0 saturated carbocycles. The maximum atomic E-state index is 5.87. The summed E-state index contributed by atoms with van der Waals surface area (Å²) in [5, 5.41) is 3.43. The zero-order valence-corrected chi connectivity index (χ0v) is 11.6. The molecule has 2 rings (SSSR count). The van der Waals surface area contributed by atoms with Crippen molar-refractivity contribution in [1.82, 2.24) is 5.32 Å². The smallest absolute Gasteiger partial charge is 0.122 e. The number of ether oxygens (including phenoxy) is 1. The third-order valence-corrected chi connectivity index (χ3v) is 3.62. The molecule has 0 unspecified atom stereocenters. The first kappa shape index (κ1) is 13.4. The van der Waals surface area contributed by atoms with Gasteiger partial charge in [0.2, 0.25) is 0 Å². The van der Waals surface area contributed by atoms with Crippen molar-refractivity contribution in [2.24, 2.45) is 5.92 Å². The second kappa shape index (κ2) is 6.79. The molecular weight excluding hydrogens is 222 g/mol. The minimum atomic E-state index is 0.255. The van der Waals surface area contributed by atoms with Crippen LogP contribution in [0.15, 0.2) is 24.3 Å². The number of rotatable bonds is 5. The van der Waals surface area contributed by atoms with Gasteiger partial charge in [-0.3, -0.25) is 0 Å². The summed E-state index contributed by atoms with van der Waals surface area (Å²) in [4.78, 5) is 0. The second-order valence-corrected chi connectivity index (χ2v) is 5.51. The highest BCUT2D eigenvalue weighted by Crippen LogP contribution is 2.24. The Morgan fingerprint density at radius 2 is 1.94 bits per heavy atom. The fourth-order valence-electron chi connectivity index (χ4n) is 2.61. The Labute approximate surface area is 111 Å². The molecule has 1 aromatic carbocycles. The van der Waals surface area contributed by atoms with Crippen LogP contribution < -0.4 is 10.1 Å². The Morgan fingerprint density at radius 1 is 1.22 bits per heavy atom. The lowest BCUT2D eigenvalue weighted by molar-refractivity contribution is 0.239. The SMILES string of the molecule is CC(C)Oc1ccccc1CCC1CCNCC1. The summed E-state index contributed by atoms with van der Waals surface area (Å²) in [6.07, 6.45) is 5.35. The number of para-hydroxylation sites is 1. The molecule has 1 fully saturated rings. The average Bonchev–Trinajstić information content (AvgIpc) is 2.38. The summed E-state index contributed by atoms with van der Waals surface area (Å²) in [5.74, 6) is 1.96. The highest BCUT2D eigenvalue weighted by atomic mass is 16.5. The van der Waals surface area contributed by atoms with Crippen LogP contribution in [0, 0.1) is 5.92 Å². The number of piperidine rings is 1. The van der Waals surface area contributed by atoms with Crippen molar-refractivity contribution in [3.63, 3.8) is 0 Å². The molecule has 1 aromatic rings. The van der Waals surface area contributed by atoms with Crippen LogP contribution in [0.1, 0.15) is 38.7 Å². The minimum Gasteiger partial charge on any atom is -0.491 e. The Hall–Kier alpha value is -1.02. The molecule has 0 aliphatic carbocycles. The monoisotopic (exact) mass is 247 g/mol. The highest BCUT2D eigenvalue weighted by molar-refractivity contribution is 5.33. The van der Waals surface area contributed by atoms with Crippen LogP contribution in [0.2, 0.25) is 0 Å². The summed E-state index contributed by atoms with van der Waals surface area (Å²) < 4.78 is 5.87. The molecule has 1 aliphatic heterocycles. The van der Waals surface area contributed by atoms with Crippen molar-refractivity contribution in [3.05, 3.63) is 29.8 Å². The van der Waals surface area contributed by atoms with E-state index < -0.39 is 0 Å². The first-order valence-corrected chi connectivity index (χ1v) is 7.21. The number of hydrogen-bond donors (Lipinski definition) is 1. The van der Waals surface area contributed by atoms with Gasteiger partial charge in [0.05, 0.1) is 6.10 Å². The van der Waals surface area contributed by atoms with Crippen LogP contribution in [0.5, 0.6) is 5.75 Å². The van der Waals surface area contributed by atoms with Gasteiger partial charge in [-0.25, -0.2) is 0 Å². The fraction of sp³-hybridized carbons (Fsp3) is 0.625. The third kappa shape index (κ3) is 4.02. The van der Waals surface area contributed by atoms with E-state index in [-0.39, 0.29) is 6.10 Å². The second-order valence-electron chi connectivity index (χ2n) is 5.51. The normalized spacial score (nSPS) is 17.1. The molecule has 100 valence electrons. The quantitative estimate of drug-likeness (QED) is 0.861. The summed E-state index contributed by atoms with van der Waals surface area (Å²) in [6, 6.07) is 8.48. The molecule has 1 N–H and O–H groups in total. The largest absolute Gasteiger partial charge is 0.491 e. The molecule has 0 radical (unpaired) electrons. The van der Waals surface area contributed by atoms with Crippen molar-refractivity contribution in [3.8, 4) is 5.75 Å². The van der Waals surface area contributed by atoms with E-state index in [4.69, 9.17) is 4.74 Å². The lowest BCUT2D eigenvalue weighted by atomic mass is 9.91. The summed E-state index contributed by atoms with van der Waals surface area (Å²) in [5.41, 5.74) is 1.37. The van der Waals surface area contributed by atoms with Crippen molar-refractivity contribution in [2.45, 2.75) is 45.6 Å². The van der Waals surface area contributed by atoms with Crippen LogP contribution in [0.3, 0.4) is 0 Å². The molecule has 2 nitrogen and oxygen atoms in total. The Morgan fingerprint density at radius 3 is 2.67 bits per heavy atom. The molecule has 1 saturated heterocycles. The van der Waals surface area contributed by atoms with E-state index in [0.717, 1.165) is 18.1 Å². The van der Waals surface area contributed by atoms with E-state index in [1.807, 2.05) is 0 Å². The van der Waals surface area contributed by atoms with Gasteiger partial charge < -0.3 is 10.1 Å². The Bertz CT molecular complexity index is 356. The molecular formula is C16H25NO. The van der Waals surface area contributed by atoms with Crippen molar-refractivity contribution >= 4 is 0 Å². The lowest BCUT2D eigenvalue weighted by Crippen LogP contribution is -2.27. The number of nitrogens with one attached hydrogen (secondary N) is 1. The van der Waals surface area contributed by atoms with E-state index in [9.17, 15) is 0 Å². The maximum absolute atomic E-state index is 5.87. The van der Waals surface area contributed by atoms with Gasteiger partial charge in [0.25, 0.3) is 0 Å². The van der Waals surface area contributed by atoms with Crippen molar-refractivity contribution in [2.75, 3.05) is 13.1 Å². The molecule has 0 bridgehead atoms. The van der Waals surface area contributed by atoms with Gasteiger partial charge in [0.15, 0.2) is 0 Å². The molecule has 1 heterocycles. The van der Waals surface area contributed by atoms with Crippen LogP contribution in [-0.4, -0.2) is 19.2 Å². The van der Waals surface area contributed by atoms with Crippen LogP contribution >= 0.6 is 0 Å².